The maximum atomic E-state index is 13.6. The van der Waals surface area contributed by atoms with Crippen molar-refractivity contribution in [3.63, 3.8) is 0 Å². The Morgan fingerprint density at radius 3 is 2.59 bits per heavy atom. The van der Waals surface area contributed by atoms with Crippen molar-refractivity contribution in [1.82, 2.24) is 10.2 Å². The molecule has 2 aliphatic heterocycles. The second kappa shape index (κ2) is 6.65. The van der Waals surface area contributed by atoms with Gasteiger partial charge in [0.2, 0.25) is 11.6 Å². The van der Waals surface area contributed by atoms with E-state index in [9.17, 15) is 23.2 Å². The fourth-order valence-corrected chi connectivity index (χ4v) is 4.11. The lowest BCUT2D eigenvalue weighted by Crippen LogP contribution is -2.69. The molecule has 8 heteroatoms. The highest BCUT2D eigenvalue weighted by Gasteiger charge is 2.59. The Labute approximate surface area is 166 Å². The first-order chi connectivity index (χ1) is 13.8. The third-order valence-electron chi connectivity index (χ3n) is 5.70. The Morgan fingerprint density at radius 1 is 1.14 bits per heavy atom. The van der Waals surface area contributed by atoms with E-state index in [1.165, 1.54) is 22.9 Å². The van der Waals surface area contributed by atoms with Gasteiger partial charge in [-0.1, -0.05) is 18.2 Å². The molecule has 0 bridgehead atoms. The van der Waals surface area contributed by atoms with Crippen molar-refractivity contribution in [3.8, 4) is 0 Å². The van der Waals surface area contributed by atoms with Crippen LogP contribution in [0.15, 0.2) is 42.5 Å². The smallest absolute Gasteiger partial charge is 0.267 e. The topological polar surface area (TPSA) is 69.7 Å². The van der Waals surface area contributed by atoms with Crippen LogP contribution in [0.25, 0.3) is 0 Å². The Bertz CT molecular complexity index is 1040. The van der Waals surface area contributed by atoms with Crippen molar-refractivity contribution in [3.05, 3.63) is 65.2 Å². The summed E-state index contributed by atoms with van der Waals surface area (Å²) in [7, 11) is 1.49. The minimum Gasteiger partial charge on any atom is -0.346 e. The zero-order chi connectivity index (χ0) is 20.9. The van der Waals surface area contributed by atoms with Crippen molar-refractivity contribution in [2.24, 2.45) is 0 Å². The molecule has 2 aromatic carbocycles. The SMILES string of the molecule is C[C@@H](NC(=O)[C@]12CCC(=O)N1c1ccccc1C(=O)N2C)c1ccc(F)c(F)c1. The first-order valence-corrected chi connectivity index (χ1v) is 9.23. The van der Waals surface area contributed by atoms with Crippen LogP contribution in [0.1, 0.15) is 41.7 Å². The molecule has 0 saturated carbocycles. The number of likely N-dealkylation sites (N-methyl/N-ethyl adjacent to an activating group) is 1. The van der Waals surface area contributed by atoms with E-state index in [2.05, 4.69) is 5.32 Å². The number of fused-ring (bicyclic) bond motifs is 3. The number of nitrogens with one attached hydrogen (secondary N) is 1. The van der Waals surface area contributed by atoms with Crippen LogP contribution >= 0.6 is 0 Å². The van der Waals surface area contributed by atoms with E-state index in [1.54, 1.807) is 31.2 Å². The largest absolute Gasteiger partial charge is 0.346 e. The molecule has 0 radical (unpaired) electrons. The summed E-state index contributed by atoms with van der Waals surface area (Å²) in [5, 5.41) is 2.76. The Balaban J connectivity index is 1.72. The van der Waals surface area contributed by atoms with Gasteiger partial charge in [-0.05, 0) is 36.8 Å². The first kappa shape index (κ1) is 19.0. The van der Waals surface area contributed by atoms with Crippen LogP contribution in [0.4, 0.5) is 14.5 Å². The van der Waals surface area contributed by atoms with Gasteiger partial charge in [0.05, 0.1) is 17.3 Å². The summed E-state index contributed by atoms with van der Waals surface area (Å²) in [6, 6.07) is 9.38. The van der Waals surface area contributed by atoms with Crippen LogP contribution in [0.5, 0.6) is 0 Å². The molecule has 6 nitrogen and oxygen atoms in total. The maximum Gasteiger partial charge on any atom is 0.267 e. The van der Waals surface area contributed by atoms with Gasteiger partial charge in [0.1, 0.15) is 0 Å². The molecule has 0 aliphatic carbocycles. The molecule has 2 aliphatic rings. The van der Waals surface area contributed by atoms with E-state index in [0.29, 0.717) is 16.8 Å². The van der Waals surface area contributed by atoms with Gasteiger partial charge in [-0.3, -0.25) is 19.3 Å². The molecule has 1 N–H and O–H groups in total. The van der Waals surface area contributed by atoms with E-state index in [0.717, 1.165) is 12.1 Å². The average molecular weight is 399 g/mol. The number of anilines is 1. The van der Waals surface area contributed by atoms with E-state index in [-0.39, 0.29) is 24.7 Å². The van der Waals surface area contributed by atoms with Crippen LogP contribution in [-0.4, -0.2) is 35.3 Å². The molecule has 2 aromatic rings. The molecular weight excluding hydrogens is 380 g/mol. The molecule has 1 fully saturated rings. The predicted octanol–water partition coefficient (Wildman–Crippen LogP) is 2.75. The van der Waals surface area contributed by atoms with Gasteiger partial charge in [-0.2, -0.15) is 0 Å². The zero-order valence-electron chi connectivity index (χ0n) is 15.9. The molecule has 4 rings (SSSR count). The van der Waals surface area contributed by atoms with E-state index >= 15 is 0 Å². The predicted molar refractivity (Wildman–Crippen MR) is 101 cm³/mol. The van der Waals surface area contributed by atoms with Gasteiger partial charge >= 0.3 is 0 Å². The first-order valence-electron chi connectivity index (χ1n) is 9.23. The maximum absolute atomic E-state index is 13.6. The van der Waals surface area contributed by atoms with Crippen LogP contribution in [0.2, 0.25) is 0 Å². The van der Waals surface area contributed by atoms with E-state index in [1.807, 2.05) is 0 Å². The molecule has 2 heterocycles. The van der Waals surface area contributed by atoms with Crippen LogP contribution in [0.3, 0.4) is 0 Å². The van der Waals surface area contributed by atoms with Crippen molar-refractivity contribution in [2.45, 2.75) is 31.5 Å². The lowest BCUT2D eigenvalue weighted by molar-refractivity contribution is -0.133. The van der Waals surface area contributed by atoms with Crippen molar-refractivity contribution in [2.75, 3.05) is 11.9 Å². The zero-order valence-corrected chi connectivity index (χ0v) is 15.9. The minimum atomic E-state index is -1.50. The Hall–Kier alpha value is -3.29. The summed E-state index contributed by atoms with van der Waals surface area (Å²) in [4.78, 5) is 41.7. The second-order valence-electron chi connectivity index (χ2n) is 7.30. The van der Waals surface area contributed by atoms with Crippen molar-refractivity contribution in [1.29, 1.82) is 0 Å². The molecular formula is C21H19F2N3O3. The molecule has 0 spiro atoms. The third-order valence-corrected chi connectivity index (χ3v) is 5.70. The number of carbonyl (C=O) groups excluding carboxylic acids is 3. The molecule has 29 heavy (non-hydrogen) atoms. The lowest BCUT2D eigenvalue weighted by Gasteiger charge is -2.47. The number of amides is 3. The standard InChI is InChI=1S/C21H19F2N3O3/c1-12(13-7-8-15(22)16(23)11-13)24-20(29)21-10-9-18(27)26(21)17-6-4-3-5-14(17)19(28)25(21)2/h3-8,11-12H,9-10H2,1-2H3,(H,24,29)/t12-,21+/m1/s1. The summed E-state index contributed by atoms with van der Waals surface area (Å²) in [6.07, 6.45) is 0.248. The van der Waals surface area contributed by atoms with Crippen LogP contribution < -0.4 is 10.2 Å². The molecule has 0 aromatic heterocycles. The van der Waals surface area contributed by atoms with Gasteiger partial charge in [0.25, 0.3) is 11.8 Å². The van der Waals surface area contributed by atoms with Gasteiger partial charge < -0.3 is 10.2 Å². The summed E-state index contributed by atoms with van der Waals surface area (Å²) in [5.41, 5.74) is -0.388. The summed E-state index contributed by atoms with van der Waals surface area (Å²) in [5.74, 6) is -3.16. The number of rotatable bonds is 3. The monoisotopic (exact) mass is 399 g/mol. The summed E-state index contributed by atoms with van der Waals surface area (Å²) >= 11 is 0. The van der Waals surface area contributed by atoms with Gasteiger partial charge in [0.15, 0.2) is 11.6 Å². The second-order valence-corrected chi connectivity index (χ2v) is 7.30. The fraction of sp³-hybridized carbons (Fsp3) is 0.286. The van der Waals surface area contributed by atoms with Crippen LogP contribution in [0, 0.1) is 11.6 Å². The minimum absolute atomic E-state index is 0.110. The third kappa shape index (κ3) is 2.70. The number of hydrogen-bond acceptors (Lipinski definition) is 3. The van der Waals surface area contributed by atoms with Crippen LogP contribution in [-0.2, 0) is 9.59 Å². The quantitative estimate of drug-likeness (QED) is 0.863. The molecule has 2 atom stereocenters. The number of halogens is 2. The van der Waals surface area contributed by atoms with Crippen molar-refractivity contribution >= 4 is 23.4 Å². The fourth-order valence-electron chi connectivity index (χ4n) is 4.11. The number of carbonyl (C=O) groups is 3. The number of benzene rings is 2. The molecule has 3 amide bonds. The van der Waals surface area contributed by atoms with E-state index < -0.39 is 29.2 Å². The van der Waals surface area contributed by atoms with Crippen molar-refractivity contribution < 1.29 is 23.2 Å². The van der Waals surface area contributed by atoms with E-state index in [4.69, 9.17) is 0 Å². The molecule has 0 unspecified atom stereocenters. The highest BCUT2D eigenvalue weighted by molar-refractivity contribution is 6.16. The van der Waals surface area contributed by atoms with Gasteiger partial charge in [0, 0.05) is 19.9 Å². The lowest BCUT2D eigenvalue weighted by atomic mass is 9.95. The summed E-state index contributed by atoms with van der Waals surface area (Å²) in [6.45, 7) is 1.63. The highest BCUT2D eigenvalue weighted by atomic mass is 19.2. The van der Waals surface area contributed by atoms with Gasteiger partial charge in [-0.25, -0.2) is 8.78 Å². The number of hydrogen-bond donors (Lipinski definition) is 1. The Morgan fingerprint density at radius 2 is 1.86 bits per heavy atom. The highest BCUT2D eigenvalue weighted by Crippen LogP contribution is 2.44. The number of para-hydroxylation sites is 1. The molecule has 1 saturated heterocycles. The normalized spacial score (nSPS) is 21.7. The van der Waals surface area contributed by atoms with Gasteiger partial charge in [-0.15, -0.1) is 0 Å². The molecule has 150 valence electrons. The average Bonchev–Trinajstić information content (AvgIpc) is 3.06. The number of nitrogens with zero attached hydrogens (tertiary/aromatic N) is 2. The summed E-state index contributed by atoms with van der Waals surface area (Å²) < 4.78 is 26.8. The Kier molecular flexibility index (Phi) is 4.37.